The normalized spacial score (nSPS) is 16.6. The van der Waals surface area contributed by atoms with Gasteiger partial charge in [-0.2, -0.15) is 0 Å². The molecule has 2 amide bonds. The van der Waals surface area contributed by atoms with Crippen molar-refractivity contribution in [1.29, 1.82) is 0 Å². The van der Waals surface area contributed by atoms with Crippen molar-refractivity contribution in [1.82, 2.24) is 0 Å². The van der Waals surface area contributed by atoms with Crippen LogP contribution < -0.4 is 10.6 Å². The number of carbonyl (C=O) groups is 2. The molecule has 3 rings (SSSR count). The van der Waals surface area contributed by atoms with Gasteiger partial charge in [0, 0.05) is 12.3 Å². The summed E-state index contributed by atoms with van der Waals surface area (Å²) in [4.78, 5) is 24.8. The van der Waals surface area contributed by atoms with E-state index in [1.165, 1.54) is 0 Å². The number of benzene rings is 2. The summed E-state index contributed by atoms with van der Waals surface area (Å²) in [5, 5.41) is 5.72. The molecule has 0 saturated carbocycles. The van der Waals surface area contributed by atoms with Crippen LogP contribution in [0.25, 0.3) is 0 Å². The lowest BCUT2D eigenvalue weighted by Crippen LogP contribution is -2.24. The molecule has 0 aliphatic carbocycles. The molecule has 1 atom stereocenters. The highest BCUT2D eigenvalue weighted by atomic mass is 16.5. The van der Waals surface area contributed by atoms with Crippen LogP contribution in [-0.4, -0.2) is 25.0 Å². The Kier molecular flexibility index (Phi) is 4.91. The smallest absolute Gasteiger partial charge is 0.257 e. The van der Waals surface area contributed by atoms with E-state index < -0.39 is 0 Å². The number of rotatable bonds is 4. The van der Waals surface area contributed by atoms with Crippen LogP contribution in [0.4, 0.5) is 11.4 Å². The summed E-state index contributed by atoms with van der Waals surface area (Å²) in [5.41, 5.74) is 2.74. The number of amides is 2. The van der Waals surface area contributed by atoms with E-state index in [1.54, 1.807) is 24.3 Å². The number of carbonyl (C=O) groups excluding carboxylic acids is 2. The second-order valence-corrected chi connectivity index (χ2v) is 5.92. The van der Waals surface area contributed by atoms with Crippen molar-refractivity contribution in [2.45, 2.75) is 13.3 Å². The monoisotopic (exact) mass is 324 g/mol. The molecule has 2 aromatic rings. The van der Waals surface area contributed by atoms with Gasteiger partial charge < -0.3 is 15.4 Å². The number of ether oxygens (including phenoxy) is 1. The van der Waals surface area contributed by atoms with Gasteiger partial charge in [-0.15, -0.1) is 0 Å². The molecule has 1 aliphatic rings. The van der Waals surface area contributed by atoms with Gasteiger partial charge in [-0.1, -0.05) is 24.3 Å². The summed E-state index contributed by atoms with van der Waals surface area (Å²) in [7, 11) is 0. The highest BCUT2D eigenvalue weighted by molar-refractivity contribution is 6.10. The quantitative estimate of drug-likeness (QED) is 0.907. The minimum Gasteiger partial charge on any atom is -0.381 e. The first kappa shape index (κ1) is 16.2. The third-order valence-electron chi connectivity index (χ3n) is 4.01. The summed E-state index contributed by atoms with van der Waals surface area (Å²) in [6.07, 6.45) is 0.712. The van der Waals surface area contributed by atoms with E-state index in [2.05, 4.69) is 10.6 Å². The van der Waals surface area contributed by atoms with Crippen LogP contribution >= 0.6 is 0 Å². The van der Waals surface area contributed by atoms with Crippen molar-refractivity contribution in [3.8, 4) is 0 Å². The fraction of sp³-hybridized carbons (Fsp3) is 0.263. The first-order valence-corrected chi connectivity index (χ1v) is 7.99. The lowest BCUT2D eigenvalue weighted by atomic mass is 10.1. The van der Waals surface area contributed by atoms with Gasteiger partial charge in [0.15, 0.2) is 0 Å². The van der Waals surface area contributed by atoms with E-state index in [1.807, 2.05) is 31.2 Å². The Morgan fingerprint density at radius 3 is 2.67 bits per heavy atom. The van der Waals surface area contributed by atoms with Crippen molar-refractivity contribution < 1.29 is 14.3 Å². The molecule has 0 radical (unpaired) electrons. The molecule has 1 unspecified atom stereocenters. The summed E-state index contributed by atoms with van der Waals surface area (Å²) in [5.74, 6) is -0.514. The van der Waals surface area contributed by atoms with Crippen LogP contribution in [0.15, 0.2) is 48.5 Å². The van der Waals surface area contributed by atoms with E-state index >= 15 is 0 Å². The predicted molar refractivity (Wildman–Crippen MR) is 93.1 cm³/mol. The number of anilines is 2. The van der Waals surface area contributed by atoms with E-state index in [4.69, 9.17) is 4.74 Å². The van der Waals surface area contributed by atoms with Crippen molar-refractivity contribution in [2.24, 2.45) is 5.92 Å². The standard InChI is InChI=1S/C19H20N2O3/c1-13-5-4-6-15(11-13)20-19(23)16-7-2-3-8-17(16)21-18(22)14-9-10-24-12-14/h2-8,11,14H,9-10,12H2,1H3,(H,20,23)(H,21,22). The van der Waals surface area contributed by atoms with Gasteiger partial charge in [0.2, 0.25) is 5.91 Å². The van der Waals surface area contributed by atoms with Gasteiger partial charge in [0.05, 0.1) is 23.8 Å². The average Bonchev–Trinajstić information content (AvgIpc) is 3.10. The summed E-state index contributed by atoms with van der Waals surface area (Å²) in [6, 6.07) is 14.6. The maximum Gasteiger partial charge on any atom is 0.257 e. The Morgan fingerprint density at radius 2 is 1.92 bits per heavy atom. The van der Waals surface area contributed by atoms with Crippen LogP contribution in [0.5, 0.6) is 0 Å². The minimum absolute atomic E-state index is 0.108. The molecule has 0 aromatic heterocycles. The van der Waals surface area contributed by atoms with Crippen LogP contribution in [0.2, 0.25) is 0 Å². The number of nitrogens with one attached hydrogen (secondary N) is 2. The number of hydrogen-bond acceptors (Lipinski definition) is 3. The summed E-state index contributed by atoms with van der Waals surface area (Å²) < 4.78 is 5.24. The molecule has 1 aliphatic heterocycles. The van der Waals surface area contributed by atoms with Crippen molar-refractivity contribution in [3.05, 3.63) is 59.7 Å². The highest BCUT2D eigenvalue weighted by Gasteiger charge is 2.24. The molecule has 0 bridgehead atoms. The average molecular weight is 324 g/mol. The zero-order valence-corrected chi connectivity index (χ0v) is 13.5. The molecule has 24 heavy (non-hydrogen) atoms. The molecule has 1 saturated heterocycles. The highest BCUT2D eigenvalue weighted by Crippen LogP contribution is 2.21. The molecule has 5 nitrogen and oxygen atoms in total. The third-order valence-corrected chi connectivity index (χ3v) is 4.01. The van der Waals surface area contributed by atoms with Crippen LogP contribution in [-0.2, 0) is 9.53 Å². The molecule has 5 heteroatoms. The fourth-order valence-electron chi connectivity index (χ4n) is 2.69. The number of aryl methyl sites for hydroxylation is 1. The van der Waals surface area contributed by atoms with Gasteiger partial charge in [0.1, 0.15) is 0 Å². The Labute approximate surface area is 141 Å². The second-order valence-electron chi connectivity index (χ2n) is 5.92. The number of para-hydroxylation sites is 1. The maximum absolute atomic E-state index is 12.6. The van der Waals surface area contributed by atoms with Crippen LogP contribution in [0.1, 0.15) is 22.3 Å². The Morgan fingerprint density at radius 1 is 1.08 bits per heavy atom. The Balaban J connectivity index is 1.75. The van der Waals surface area contributed by atoms with Crippen LogP contribution in [0.3, 0.4) is 0 Å². The second kappa shape index (κ2) is 7.27. The van der Waals surface area contributed by atoms with Crippen molar-refractivity contribution in [3.63, 3.8) is 0 Å². The number of hydrogen-bond donors (Lipinski definition) is 2. The molecule has 2 N–H and O–H groups in total. The zero-order chi connectivity index (χ0) is 16.9. The van der Waals surface area contributed by atoms with E-state index in [0.29, 0.717) is 30.9 Å². The van der Waals surface area contributed by atoms with E-state index in [9.17, 15) is 9.59 Å². The summed E-state index contributed by atoms with van der Waals surface area (Å²) in [6.45, 7) is 3.00. The van der Waals surface area contributed by atoms with Gasteiger partial charge in [-0.25, -0.2) is 0 Å². The Bertz CT molecular complexity index is 752. The van der Waals surface area contributed by atoms with Gasteiger partial charge >= 0.3 is 0 Å². The van der Waals surface area contributed by atoms with Crippen molar-refractivity contribution >= 4 is 23.2 Å². The lowest BCUT2D eigenvalue weighted by Gasteiger charge is -2.13. The SMILES string of the molecule is Cc1cccc(NC(=O)c2ccccc2NC(=O)C2CCOC2)c1. The lowest BCUT2D eigenvalue weighted by molar-refractivity contribution is -0.119. The van der Waals surface area contributed by atoms with Gasteiger partial charge in [-0.05, 0) is 43.2 Å². The first-order valence-electron chi connectivity index (χ1n) is 7.99. The topological polar surface area (TPSA) is 67.4 Å². The van der Waals surface area contributed by atoms with E-state index in [0.717, 1.165) is 11.3 Å². The molecule has 1 fully saturated rings. The third kappa shape index (κ3) is 3.81. The van der Waals surface area contributed by atoms with Gasteiger partial charge in [-0.3, -0.25) is 9.59 Å². The largest absolute Gasteiger partial charge is 0.381 e. The molecule has 0 spiro atoms. The first-order chi connectivity index (χ1) is 11.6. The minimum atomic E-state index is -0.251. The molecule has 2 aromatic carbocycles. The molecule has 1 heterocycles. The Hall–Kier alpha value is -2.66. The molecular weight excluding hydrogens is 304 g/mol. The maximum atomic E-state index is 12.6. The van der Waals surface area contributed by atoms with Gasteiger partial charge in [0.25, 0.3) is 5.91 Å². The summed E-state index contributed by atoms with van der Waals surface area (Å²) >= 11 is 0. The molecular formula is C19H20N2O3. The predicted octanol–water partition coefficient (Wildman–Crippen LogP) is 3.22. The zero-order valence-electron chi connectivity index (χ0n) is 13.5. The molecule has 124 valence electrons. The van der Waals surface area contributed by atoms with Crippen molar-refractivity contribution in [2.75, 3.05) is 23.8 Å². The van der Waals surface area contributed by atoms with E-state index in [-0.39, 0.29) is 17.7 Å². The van der Waals surface area contributed by atoms with Crippen LogP contribution in [0, 0.1) is 12.8 Å². The fourth-order valence-corrected chi connectivity index (χ4v) is 2.69.